The molecular formula is C23H31ClN2O5S. The molecule has 0 saturated heterocycles. The first-order chi connectivity index (χ1) is 15.0. The Morgan fingerprint density at radius 2 is 1.84 bits per heavy atom. The van der Waals surface area contributed by atoms with Crippen molar-refractivity contribution in [1.82, 2.24) is 4.90 Å². The van der Waals surface area contributed by atoms with E-state index in [9.17, 15) is 9.59 Å². The van der Waals surface area contributed by atoms with Crippen molar-refractivity contribution in [2.24, 2.45) is 0 Å². The number of nitrogens with zero attached hydrogens (tertiary/aromatic N) is 1. The van der Waals surface area contributed by atoms with Gasteiger partial charge in [-0.1, -0.05) is 6.92 Å². The molecule has 0 unspecified atom stereocenters. The average molecular weight is 483 g/mol. The number of halogens is 1. The Bertz CT molecular complexity index is 947. The molecule has 1 aromatic heterocycles. The van der Waals surface area contributed by atoms with Gasteiger partial charge >= 0.3 is 5.97 Å². The topological polar surface area (TPSA) is 77.1 Å². The number of fused-ring (bicyclic) bond motifs is 1. The molecule has 1 aliphatic heterocycles. The van der Waals surface area contributed by atoms with Crippen LogP contribution in [0.2, 0.25) is 0 Å². The molecule has 7 nitrogen and oxygen atoms in total. The number of methoxy groups -OCH3 is 1. The van der Waals surface area contributed by atoms with Gasteiger partial charge in [-0.15, -0.1) is 23.7 Å². The maximum absolute atomic E-state index is 13.0. The number of benzene rings is 1. The number of ether oxygens (including phenoxy) is 3. The maximum Gasteiger partial charge on any atom is 0.341 e. The number of carbonyl (C=O) groups excluding carboxylic acids is 2. The lowest BCUT2D eigenvalue weighted by molar-refractivity contribution is 0.0600. The van der Waals surface area contributed by atoms with E-state index < -0.39 is 5.97 Å². The summed E-state index contributed by atoms with van der Waals surface area (Å²) in [7, 11) is 1.37. The van der Waals surface area contributed by atoms with Crippen molar-refractivity contribution in [2.75, 3.05) is 38.7 Å². The second kappa shape index (κ2) is 12.1. The number of amides is 1. The van der Waals surface area contributed by atoms with Gasteiger partial charge in [0.25, 0.3) is 5.91 Å². The van der Waals surface area contributed by atoms with E-state index in [-0.39, 0.29) is 18.3 Å². The van der Waals surface area contributed by atoms with Gasteiger partial charge in [0, 0.05) is 23.5 Å². The summed E-state index contributed by atoms with van der Waals surface area (Å²) in [6, 6.07) is 5.09. The van der Waals surface area contributed by atoms with Gasteiger partial charge in [-0.25, -0.2) is 4.79 Å². The van der Waals surface area contributed by atoms with E-state index in [2.05, 4.69) is 17.1 Å². The molecule has 1 aromatic carbocycles. The number of carbonyl (C=O) groups is 2. The lowest BCUT2D eigenvalue weighted by Crippen LogP contribution is -2.30. The van der Waals surface area contributed by atoms with Crippen LogP contribution in [0.4, 0.5) is 5.00 Å². The Kier molecular flexibility index (Phi) is 9.81. The monoisotopic (exact) mass is 482 g/mol. The van der Waals surface area contributed by atoms with Crippen LogP contribution in [0.5, 0.6) is 11.5 Å². The molecule has 176 valence electrons. The zero-order chi connectivity index (χ0) is 22.4. The van der Waals surface area contributed by atoms with Gasteiger partial charge in [0.05, 0.1) is 25.9 Å². The standard InChI is InChI=1S/C23H30N2O5S.ClH/c1-5-11-25-12-10-16-19(14-25)31-22(20(16)23(27)28-4)24-21(26)15-8-9-17(29-6-2)18(13-15)30-7-3;/h8-9,13H,5-7,10-12,14H2,1-4H3,(H,24,26);1H. The highest BCUT2D eigenvalue weighted by molar-refractivity contribution is 7.17. The summed E-state index contributed by atoms with van der Waals surface area (Å²) >= 11 is 1.45. The van der Waals surface area contributed by atoms with Crippen LogP contribution in [0, 0.1) is 0 Å². The SMILES string of the molecule is CCCN1CCc2c(sc(NC(=O)c3ccc(OCC)c(OCC)c3)c2C(=O)OC)C1.Cl. The molecule has 0 aliphatic carbocycles. The third kappa shape index (κ3) is 5.74. The van der Waals surface area contributed by atoms with Crippen molar-refractivity contribution < 1.29 is 23.8 Å². The minimum Gasteiger partial charge on any atom is -0.490 e. The molecular weight excluding hydrogens is 452 g/mol. The minimum atomic E-state index is -0.418. The van der Waals surface area contributed by atoms with Gasteiger partial charge < -0.3 is 19.5 Å². The van der Waals surface area contributed by atoms with Crippen molar-refractivity contribution in [3.8, 4) is 11.5 Å². The van der Waals surface area contributed by atoms with Gasteiger partial charge in [0.2, 0.25) is 0 Å². The molecule has 0 spiro atoms. The van der Waals surface area contributed by atoms with E-state index >= 15 is 0 Å². The summed E-state index contributed by atoms with van der Waals surface area (Å²) in [6.45, 7) is 9.58. The summed E-state index contributed by atoms with van der Waals surface area (Å²) < 4.78 is 16.2. The molecule has 0 radical (unpaired) electrons. The summed E-state index contributed by atoms with van der Waals surface area (Å²) in [6.07, 6.45) is 1.84. The molecule has 0 saturated carbocycles. The predicted octanol–water partition coefficient (Wildman–Crippen LogP) is 4.77. The van der Waals surface area contributed by atoms with E-state index in [0.717, 1.165) is 42.9 Å². The minimum absolute atomic E-state index is 0. The van der Waals surface area contributed by atoms with Crippen LogP contribution in [-0.4, -0.2) is 50.2 Å². The molecule has 3 rings (SSSR count). The highest BCUT2D eigenvalue weighted by atomic mass is 35.5. The summed E-state index contributed by atoms with van der Waals surface area (Å²) in [5.74, 6) is 0.390. The van der Waals surface area contributed by atoms with E-state index in [1.54, 1.807) is 18.2 Å². The third-order valence-corrected chi connectivity index (χ3v) is 6.23. The Morgan fingerprint density at radius 3 is 2.50 bits per heavy atom. The number of rotatable bonds is 9. The maximum atomic E-state index is 13.0. The molecule has 0 bridgehead atoms. The number of anilines is 1. The second-order valence-electron chi connectivity index (χ2n) is 7.21. The molecule has 32 heavy (non-hydrogen) atoms. The highest BCUT2D eigenvalue weighted by Crippen LogP contribution is 2.38. The number of nitrogens with one attached hydrogen (secondary N) is 1. The predicted molar refractivity (Wildman–Crippen MR) is 129 cm³/mol. The third-order valence-electron chi connectivity index (χ3n) is 5.10. The molecule has 1 aliphatic rings. The van der Waals surface area contributed by atoms with Crippen LogP contribution >= 0.6 is 23.7 Å². The second-order valence-corrected chi connectivity index (χ2v) is 8.31. The zero-order valence-electron chi connectivity index (χ0n) is 19.0. The quantitative estimate of drug-likeness (QED) is 0.518. The first-order valence-corrected chi connectivity index (χ1v) is 11.5. The number of hydrogen-bond acceptors (Lipinski definition) is 7. The van der Waals surface area contributed by atoms with Crippen molar-refractivity contribution >= 4 is 40.6 Å². The molecule has 2 heterocycles. The molecule has 2 aromatic rings. The summed E-state index contributed by atoms with van der Waals surface area (Å²) in [5, 5.41) is 3.47. The Hall–Kier alpha value is -2.29. The number of esters is 1. The van der Waals surface area contributed by atoms with E-state index in [4.69, 9.17) is 14.2 Å². The first-order valence-electron chi connectivity index (χ1n) is 10.7. The smallest absolute Gasteiger partial charge is 0.341 e. The van der Waals surface area contributed by atoms with Crippen molar-refractivity contribution in [3.05, 3.63) is 39.8 Å². The fraction of sp³-hybridized carbons (Fsp3) is 0.478. The number of thiophene rings is 1. The van der Waals surface area contributed by atoms with Crippen molar-refractivity contribution in [3.63, 3.8) is 0 Å². The van der Waals surface area contributed by atoms with Gasteiger partial charge in [0.15, 0.2) is 11.5 Å². The molecule has 0 fully saturated rings. The lowest BCUT2D eigenvalue weighted by atomic mass is 10.0. The van der Waals surface area contributed by atoms with Crippen LogP contribution in [0.3, 0.4) is 0 Å². The first kappa shape index (κ1) is 26.0. The fourth-order valence-electron chi connectivity index (χ4n) is 3.74. The Morgan fingerprint density at radius 1 is 1.12 bits per heavy atom. The summed E-state index contributed by atoms with van der Waals surface area (Å²) in [5.41, 5.74) is 1.89. The average Bonchev–Trinajstić information content (AvgIpc) is 3.12. The van der Waals surface area contributed by atoms with E-state index in [1.165, 1.54) is 18.4 Å². The lowest BCUT2D eigenvalue weighted by Gasteiger charge is -2.26. The van der Waals surface area contributed by atoms with Crippen LogP contribution < -0.4 is 14.8 Å². The zero-order valence-corrected chi connectivity index (χ0v) is 20.6. The molecule has 0 atom stereocenters. The number of hydrogen-bond donors (Lipinski definition) is 1. The normalized spacial score (nSPS) is 13.0. The van der Waals surface area contributed by atoms with Crippen LogP contribution in [0.15, 0.2) is 18.2 Å². The van der Waals surface area contributed by atoms with Gasteiger partial charge in [-0.3, -0.25) is 9.69 Å². The van der Waals surface area contributed by atoms with Crippen LogP contribution in [0.25, 0.3) is 0 Å². The van der Waals surface area contributed by atoms with Crippen molar-refractivity contribution in [2.45, 2.75) is 40.2 Å². The van der Waals surface area contributed by atoms with Gasteiger partial charge in [-0.05, 0) is 57.0 Å². The highest BCUT2D eigenvalue weighted by Gasteiger charge is 2.29. The fourth-order valence-corrected chi connectivity index (χ4v) is 5.01. The van der Waals surface area contributed by atoms with Gasteiger partial charge in [-0.2, -0.15) is 0 Å². The van der Waals surface area contributed by atoms with Gasteiger partial charge in [0.1, 0.15) is 5.00 Å². The molecule has 1 amide bonds. The van der Waals surface area contributed by atoms with Crippen LogP contribution in [-0.2, 0) is 17.7 Å². The van der Waals surface area contributed by atoms with E-state index in [1.807, 2.05) is 13.8 Å². The molecule has 1 N–H and O–H groups in total. The van der Waals surface area contributed by atoms with Crippen molar-refractivity contribution in [1.29, 1.82) is 0 Å². The summed E-state index contributed by atoms with van der Waals surface area (Å²) in [4.78, 5) is 29.0. The largest absolute Gasteiger partial charge is 0.490 e. The van der Waals surface area contributed by atoms with Crippen LogP contribution in [0.1, 0.15) is 58.3 Å². The molecule has 9 heteroatoms. The Labute approximate surface area is 199 Å². The Balaban J connectivity index is 0.00000363. The van der Waals surface area contributed by atoms with E-state index in [0.29, 0.717) is 40.8 Å².